The number of rotatable bonds is 2. The van der Waals surface area contributed by atoms with E-state index >= 15 is 0 Å². The summed E-state index contributed by atoms with van der Waals surface area (Å²) in [7, 11) is 1.36. The van der Waals surface area contributed by atoms with Crippen LogP contribution in [0.5, 0.6) is 17.2 Å². The molecule has 6 aliphatic rings. The molecule has 0 amide bonds. The number of hydrogen-bond donors (Lipinski definition) is 2. The maximum Gasteiger partial charge on any atom is 0.344 e. The average Bonchev–Trinajstić information content (AvgIpc) is 3.34. The molecule has 2 N–H and O–H groups in total. The molecule has 38 heavy (non-hydrogen) atoms. The first-order valence-electron chi connectivity index (χ1n) is 13.3. The summed E-state index contributed by atoms with van der Waals surface area (Å²) in [5, 5.41) is 23.7. The van der Waals surface area contributed by atoms with E-state index < -0.39 is 57.7 Å². The number of methoxy groups -OCH3 is 1. The van der Waals surface area contributed by atoms with Gasteiger partial charge in [0.1, 0.15) is 22.8 Å². The minimum atomic E-state index is -2.20. The van der Waals surface area contributed by atoms with Crippen molar-refractivity contribution in [2.45, 2.75) is 82.7 Å². The lowest BCUT2D eigenvalue weighted by Gasteiger charge is -2.59. The smallest absolute Gasteiger partial charge is 0.344 e. The minimum absolute atomic E-state index is 0.000435. The third-order valence-electron chi connectivity index (χ3n) is 10.9. The number of esters is 2. The third kappa shape index (κ3) is 2.26. The van der Waals surface area contributed by atoms with Gasteiger partial charge in [-0.3, -0.25) is 4.79 Å². The Morgan fingerprint density at radius 2 is 1.87 bits per heavy atom. The Kier molecular flexibility index (Phi) is 4.25. The van der Waals surface area contributed by atoms with Gasteiger partial charge >= 0.3 is 11.9 Å². The van der Waals surface area contributed by atoms with Crippen LogP contribution in [0, 0.1) is 22.7 Å². The van der Waals surface area contributed by atoms with Crippen molar-refractivity contribution in [1.29, 1.82) is 0 Å². The van der Waals surface area contributed by atoms with Crippen LogP contribution in [-0.2, 0) is 19.1 Å². The molecule has 0 radical (unpaired) electrons. The zero-order valence-electron chi connectivity index (χ0n) is 22.2. The Labute approximate surface area is 220 Å². The van der Waals surface area contributed by atoms with Crippen LogP contribution >= 0.6 is 0 Å². The number of ether oxygens (including phenoxy) is 4. The van der Waals surface area contributed by atoms with Crippen molar-refractivity contribution in [3.8, 4) is 17.2 Å². The largest absolute Gasteiger partial charge is 0.506 e. The van der Waals surface area contributed by atoms with Gasteiger partial charge in [0.25, 0.3) is 0 Å². The summed E-state index contributed by atoms with van der Waals surface area (Å²) in [6, 6.07) is 1.45. The number of carbonyl (C=O) groups is 3. The predicted molar refractivity (Wildman–Crippen MR) is 132 cm³/mol. The van der Waals surface area contributed by atoms with Crippen molar-refractivity contribution in [3.05, 3.63) is 22.8 Å². The Hall–Kier alpha value is -3.07. The summed E-state index contributed by atoms with van der Waals surface area (Å²) in [5.41, 5.74) is -5.77. The van der Waals surface area contributed by atoms with Crippen LogP contribution in [0.15, 0.2) is 11.6 Å². The standard InChI is InChI=1S/C29H32O9/c1-13(30)19-17(35-5)12-16-14(20(19)31)11-15-21(32)36-23-27-10-7-18-25(2,3)8-6-9-26(18,4)22(27)28(34,24(33)38-27)29(15,23)37-16/h11-12,18,22-23,31,34H,6-10H2,1-5H3/t18-,22+,23?,26-,27+,28+,29?/m1/s1. The van der Waals surface area contributed by atoms with Crippen LogP contribution < -0.4 is 9.47 Å². The van der Waals surface area contributed by atoms with E-state index in [0.717, 1.165) is 25.7 Å². The van der Waals surface area contributed by atoms with Crippen molar-refractivity contribution in [2.75, 3.05) is 7.11 Å². The predicted octanol–water partition coefficient (Wildman–Crippen LogP) is 3.33. The highest BCUT2D eigenvalue weighted by molar-refractivity contribution is 6.07. The summed E-state index contributed by atoms with van der Waals surface area (Å²) in [4.78, 5) is 39.4. The zero-order valence-corrected chi connectivity index (χ0v) is 22.2. The summed E-state index contributed by atoms with van der Waals surface area (Å²) in [6.07, 6.45) is 4.33. The van der Waals surface area contributed by atoms with Crippen molar-refractivity contribution < 1.29 is 43.5 Å². The van der Waals surface area contributed by atoms with E-state index in [2.05, 4.69) is 20.8 Å². The number of hydrogen-bond acceptors (Lipinski definition) is 9. The highest BCUT2D eigenvalue weighted by Crippen LogP contribution is 2.77. The number of benzene rings is 1. The molecule has 202 valence electrons. The minimum Gasteiger partial charge on any atom is -0.506 e. The summed E-state index contributed by atoms with van der Waals surface area (Å²) in [5.74, 6) is -2.66. The molecule has 9 heteroatoms. The van der Waals surface area contributed by atoms with Crippen LogP contribution in [0.2, 0.25) is 0 Å². The first kappa shape index (κ1) is 24.0. The maximum atomic E-state index is 13.8. The molecular formula is C29H32O9. The molecule has 1 aromatic rings. The van der Waals surface area contributed by atoms with Gasteiger partial charge in [-0.1, -0.05) is 27.2 Å². The zero-order chi connectivity index (χ0) is 27.2. The van der Waals surface area contributed by atoms with E-state index in [-0.39, 0.29) is 39.5 Å². The number of ketones is 1. The molecule has 3 heterocycles. The number of phenols is 1. The molecular weight excluding hydrogens is 492 g/mol. The van der Waals surface area contributed by atoms with Crippen LogP contribution in [0.4, 0.5) is 0 Å². The second-order valence-electron chi connectivity index (χ2n) is 12.9. The fourth-order valence-corrected chi connectivity index (χ4v) is 9.74. The number of Topliss-reactive ketones (excluding diaryl/α,β-unsaturated/α-hetero) is 1. The van der Waals surface area contributed by atoms with Crippen molar-refractivity contribution in [2.24, 2.45) is 22.7 Å². The molecule has 2 unspecified atom stereocenters. The lowest BCUT2D eigenvalue weighted by Crippen LogP contribution is -2.68. The SMILES string of the molecule is COc1cc2c(c(O)c1C(C)=O)C=C1C(=O)OC3C1(O2)[C@@]1(O)C(=O)O[C@]32CC[C@@H]3C(C)(C)CCC[C@@]3(C)[C@H]12. The van der Waals surface area contributed by atoms with Crippen LogP contribution in [0.1, 0.15) is 75.7 Å². The molecule has 3 aliphatic heterocycles. The van der Waals surface area contributed by atoms with Gasteiger partial charge in [-0.25, -0.2) is 9.59 Å². The number of aliphatic hydroxyl groups is 1. The molecule has 0 aromatic heterocycles. The lowest BCUT2D eigenvalue weighted by atomic mass is 9.44. The Morgan fingerprint density at radius 1 is 1.13 bits per heavy atom. The lowest BCUT2D eigenvalue weighted by molar-refractivity contribution is -0.214. The molecule has 1 aromatic carbocycles. The fraction of sp³-hybridized carbons (Fsp3) is 0.621. The topological polar surface area (TPSA) is 129 Å². The molecule has 2 bridgehead atoms. The monoisotopic (exact) mass is 524 g/mol. The second kappa shape index (κ2) is 6.73. The number of carbonyl (C=O) groups excluding carboxylic acids is 3. The quantitative estimate of drug-likeness (QED) is 0.442. The first-order valence-corrected chi connectivity index (χ1v) is 13.3. The van der Waals surface area contributed by atoms with Crippen LogP contribution in [0.3, 0.4) is 0 Å². The fourth-order valence-electron chi connectivity index (χ4n) is 9.74. The highest BCUT2D eigenvalue weighted by Gasteiger charge is 2.94. The second-order valence-corrected chi connectivity index (χ2v) is 12.9. The Bertz CT molecular complexity index is 1390. The van der Waals surface area contributed by atoms with Gasteiger partial charge in [0.05, 0.1) is 24.2 Å². The normalized spacial score (nSPS) is 42.9. The van der Waals surface area contributed by atoms with Gasteiger partial charge in [0.15, 0.2) is 17.5 Å². The van der Waals surface area contributed by atoms with Crippen LogP contribution in [0.25, 0.3) is 6.08 Å². The van der Waals surface area contributed by atoms with E-state index in [1.165, 1.54) is 26.2 Å². The molecule has 1 spiro atoms. The summed E-state index contributed by atoms with van der Waals surface area (Å²) in [6.45, 7) is 7.92. The van der Waals surface area contributed by atoms with E-state index in [1.807, 2.05) is 0 Å². The molecule has 3 saturated carbocycles. The van der Waals surface area contributed by atoms with Gasteiger partial charge < -0.3 is 29.2 Å². The van der Waals surface area contributed by atoms with Gasteiger partial charge in [-0.15, -0.1) is 0 Å². The van der Waals surface area contributed by atoms with Gasteiger partial charge in [0, 0.05) is 6.07 Å². The van der Waals surface area contributed by atoms with Crippen molar-refractivity contribution in [3.63, 3.8) is 0 Å². The Morgan fingerprint density at radius 3 is 2.55 bits per heavy atom. The molecule has 7 atom stereocenters. The van der Waals surface area contributed by atoms with E-state index in [1.54, 1.807) is 0 Å². The van der Waals surface area contributed by atoms with E-state index in [9.17, 15) is 24.6 Å². The number of fused-ring (bicyclic) bond motifs is 2. The van der Waals surface area contributed by atoms with Gasteiger partial charge in [-0.2, -0.15) is 0 Å². The summed E-state index contributed by atoms with van der Waals surface area (Å²) >= 11 is 0. The highest BCUT2D eigenvalue weighted by atomic mass is 16.7. The van der Waals surface area contributed by atoms with E-state index in [4.69, 9.17) is 18.9 Å². The third-order valence-corrected chi connectivity index (χ3v) is 10.9. The molecule has 2 saturated heterocycles. The summed E-state index contributed by atoms with van der Waals surface area (Å²) < 4.78 is 23.9. The van der Waals surface area contributed by atoms with Gasteiger partial charge in [0.2, 0.25) is 11.2 Å². The van der Waals surface area contributed by atoms with E-state index in [0.29, 0.717) is 6.42 Å². The molecule has 5 fully saturated rings. The van der Waals surface area contributed by atoms with Gasteiger partial charge in [-0.05, 0) is 55.4 Å². The average molecular weight is 525 g/mol. The molecule has 9 nitrogen and oxygen atoms in total. The maximum absolute atomic E-state index is 13.8. The number of aromatic hydroxyl groups is 1. The van der Waals surface area contributed by atoms with Crippen molar-refractivity contribution >= 4 is 23.8 Å². The first-order chi connectivity index (χ1) is 17.8. The van der Waals surface area contributed by atoms with Crippen molar-refractivity contribution in [1.82, 2.24) is 0 Å². The van der Waals surface area contributed by atoms with Crippen LogP contribution in [-0.4, -0.2) is 58.0 Å². The molecule has 3 aliphatic carbocycles. The Balaban J connectivity index is 1.48. The number of phenolic OH excluding ortho intramolecular Hbond substituents is 1. The molecule has 7 rings (SSSR count).